The molecule has 1 aromatic carbocycles. The number of H-pyrrole nitrogens is 1. The van der Waals surface area contributed by atoms with Crippen LogP contribution in [0.3, 0.4) is 0 Å². The molecule has 2 nitrogen and oxygen atoms in total. The predicted octanol–water partition coefficient (Wildman–Crippen LogP) is 3.27. The molecule has 14 heavy (non-hydrogen) atoms. The van der Waals surface area contributed by atoms with Gasteiger partial charge < -0.3 is 9.72 Å². The summed E-state index contributed by atoms with van der Waals surface area (Å²) in [6.45, 7) is 4.86. The molecule has 0 aliphatic heterocycles. The van der Waals surface area contributed by atoms with Gasteiger partial charge >= 0.3 is 0 Å². The number of aromatic amines is 1. The van der Waals surface area contributed by atoms with Crippen LogP contribution in [0.4, 0.5) is 0 Å². The summed E-state index contributed by atoms with van der Waals surface area (Å²) in [6, 6.07) is 8.36. The molecule has 0 radical (unpaired) electrons. The highest BCUT2D eigenvalue weighted by atomic mass is 16.5. The molecule has 0 saturated carbocycles. The molecule has 1 atom stereocenters. The Morgan fingerprint density at radius 3 is 3.00 bits per heavy atom. The normalized spacial score (nSPS) is 13.3. The third kappa shape index (κ3) is 1.53. The summed E-state index contributed by atoms with van der Waals surface area (Å²) in [5.74, 6) is 0. The van der Waals surface area contributed by atoms with E-state index >= 15 is 0 Å². The zero-order chi connectivity index (χ0) is 9.97. The smallest absolute Gasteiger partial charge is 0.0803 e. The fraction of sp³-hybridized carbons (Fsp3) is 0.333. The number of rotatable bonds is 3. The lowest BCUT2D eigenvalue weighted by atomic mass is 10.1. The third-order valence-electron chi connectivity index (χ3n) is 2.48. The van der Waals surface area contributed by atoms with Crippen LogP contribution in [-0.4, -0.2) is 11.6 Å². The van der Waals surface area contributed by atoms with E-state index in [0.29, 0.717) is 0 Å². The van der Waals surface area contributed by atoms with E-state index < -0.39 is 0 Å². The van der Waals surface area contributed by atoms with Crippen molar-refractivity contribution in [3.05, 3.63) is 36.0 Å². The van der Waals surface area contributed by atoms with Gasteiger partial charge in [0.2, 0.25) is 0 Å². The fourth-order valence-corrected chi connectivity index (χ4v) is 1.80. The summed E-state index contributed by atoms with van der Waals surface area (Å²) in [6.07, 6.45) is 2.13. The minimum Gasteiger partial charge on any atom is -0.374 e. The van der Waals surface area contributed by atoms with Crippen molar-refractivity contribution >= 4 is 10.9 Å². The van der Waals surface area contributed by atoms with Gasteiger partial charge in [0, 0.05) is 23.7 Å². The van der Waals surface area contributed by atoms with E-state index in [1.807, 2.05) is 13.1 Å². The maximum Gasteiger partial charge on any atom is 0.0803 e. The number of benzene rings is 1. The first-order chi connectivity index (χ1) is 6.83. The maximum absolute atomic E-state index is 5.59. The first kappa shape index (κ1) is 9.28. The summed E-state index contributed by atoms with van der Waals surface area (Å²) in [5, 5.41) is 1.26. The molecule has 2 rings (SSSR count). The van der Waals surface area contributed by atoms with E-state index in [0.717, 1.165) is 6.61 Å². The van der Waals surface area contributed by atoms with E-state index in [4.69, 9.17) is 4.74 Å². The number of ether oxygens (including phenoxy) is 1. The van der Waals surface area contributed by atoms with Gasteiger partial charge in [-0.1, -0.05) is 12.1 Å². The summed E-state index contributed by atoms with van der Waals surface area (Å²) >= 11 is 0. The molecule has 1 unspecified atom stereocenters. The third-order valence-corrected chi connectivity index (χ3v) is 2.48. The second-order valence-electron chi connectivity index (χ2n) is 3.38. The number of aromatic nitrogens is 1. The molecule has 2 heteroatoms. The van der Waals surface area contributed by atoms with Crippen LogP contribution in [0.25, 0.3) is 10.9 Å². The number of hydrogen-bond acceptors (Lipinski definition) is 1. The van der Waals surface area contributed by atoms with Gasteiger partial charge in [0.05, 0.1) is 6.10 Å². The average Bonchev–Trinajstić information content (AvgIpc) is 2.65. The van der Waals surface area contributed by atoms with Crippen LogP contribution in [0.1, 0.15) is 25.5 Å². The molecule has 0 saturated heterocycles. The van der Waals surface area contributed by atoms with Crippen molar-refractivity contribution in [2.45, 2.75) is 20.0 Å². The highest BCUT2D eigenvalue weighted by Gasteiger charge is 2.08. The largest absolute Gasteiger partial charge is 0.374 e. The first-order valence-corrected chi connectivity index (χ1v) is 5.00. The van der Waals surface area contributed by atoms with Crippen molar-refractivity contribution in [2.24, 2.45) is 0 Å². The highest BCUT2D eigenvalue weighted by Crippen LogP contribution is 2.25. The standard InChI is InChI=1S/C12H15NO/c1-3-14-9(2)10-5-4-6-12-11(10)7-8-13-12/h4-9,13H,3H2,1-2H3. The molecule has 74 valence electrons. The second-order valence-corrected chi connectivity index (χ2v) is 3.38. The lowest BCUT2D eigenvalue weighted by Gasteiger charge is -2.12. The van der Waals surface area contributed by atoms with Gasteiger partial charge in [-0.3, -0.25) is 0 Å². The number of nitrogens with one attached hydrogen (secondary N) is 1. The average molecular weight is 189 g/mol. The zero-order valence-electron chi connectivity index (χ0n) is 8.58. The predicted molar refractivity (Wildman–Crippen MR) is 58.3 cm³/mol. The molecule has 0 spiro atoms. The minimum atomic E-state index is 0.166. The van der Waals surface area contributed by atoms with Crippen molar-refractivity contribution in [2.75, 3.05) is 6.61 Å². The van der Waals surface area contributed by atoms with Crippen LogP contribution >= 0.6 is 0 Å². The van der Waals surface area contributed by atoms with Gasteiger partial charge in [0.1, 0.15) is 0 Å². The summed E-state index contributed by atoms with van der Waals surface area (Å²) in [7, 11) is 0. The monoisotopic (exact) mass is 189 g/mol. The van der Waals surface area contributed by atoms with E-state index in [1.54, 1.807) is 0 Å². The van der Waals surface area contributed by atoms with Gasteiger partial charge in [0.15, 0.2) is 0 Å². The van der Waals surface area contributed by atoms with Crippen molar-refractivity contribution in [1.29, 1.82) is 0 Å². The Kier molecular flexibility index (Phi) is 2.55. The lowest BCUT2D eigenvalue weighted by molar-refractivity contribution is 0.0774. The molecule has 1 aromatic heterocycles. The molecular weight excluding hydrogens is 174 g/mol. The Balaban J connectivity index is 2.45. The SMILES string of the molecule is CCOC(C)c1cccc2[nH]ccc12. The molecule has 0 aliphatic carbocycles. The van der Waals surface area contributed by atoms with Crippen LogP contribution in [0.5, 0.6) is 0 Å². The molecule has 0 amide bonds. The Morgan fingerprint density at radius 2 is 2.21 bits per heavy atom. The summed E-state index contributed by atoms with van der Waals surface area (Å²) in [5.41, 5.74) is 2.43. The Morgan fingerprint density at radius 1 is 1.36 bits per heavy atom. The van der Waals surface area contributed by atoms with Crippen molar-refractivity contribution in [3.8, 4) is 0 Å². The van der Waals surface area contributed by atoms with Crippen LogP contribution in [-0.2, 0) is 4.74 Å². The second kappa shape index (κ2) is 3.84. The van der Waals surface area contributed by atoms with Crippen molar-refractivity contribution in [1.82, 2.24) is 4.98 Å². The lowest BCUT2D eigenvalue weighted by Crippen LogP contribution is -1.99. The van der Waals surface area contributed by atoms with Crippen LogP contribution in [0, 0.1) is 0 Å². The van der Waals surface area contributed by atoms with Gasteiger partial charge in [0.25, 0.3) is 0 Å². The van der Waals surface area contributed by atoms with Gasteiger partial charge in [-0.25, -0.2) is 0 Å². The molecule has 1 N–H and O–H groups in total. The molecule has 0 bridgehead atoms. The molecule has 1 heterocycles. The molecule has 2 aromatic rings. The zero-order valence-corrected chi connectivity index (χ0v) is 8.58. The van der Waals surface area contributed by atoms with E-state index in [-0.39, 0.29) is 6.10 Å². The Labute approximate surface area is 83.9 Å². The summed E-state index contributed by atoms with van der Waals surface area (Å²) < 4.78 is 5.59. The van der Waals surface area contributed by atoms with Crippen LogP contribution in [0.15, 0.2) is 30.5 Å². The Hall–Kier alpha value is -1.28. The number of hydrogen-bond donors (Lipinski definition) is 1. The van der Waals surface area contributed by atoms with Gasteiger partial charge in [-0.2, -0.15) is 0 Å². The van der Waals surface area contributed by atoms with Crippen molar-refractivity contribution in [3.63, 3.8) is 0 Å². The van der Waals surface area contributed by atoms with Crippen LogP contribution < -0.4 is 0 Å². The van der Waals surface area contributed by atoms with E-state index in [2.05, 4.69) is 36.2 Å². The quantitative estimate of drug-likeness (QED) is 0.787. The highest BCUT2D eigenvalue weighted by molar-refractivity contribution is 5.83. The molecule has 0 fully saturated rings. The molecular formula is C12H15NO. The van der Waals surface area contributed by atoms with Gasteiger partial charge in [-0.05, 0) is 31.5 Å². The summed E-state index contributed by atoms with van der Waals surface area (Å²) in [4.78, 5) is 3.20. The van der Waals surface area contributed by atoms with E-state index in [9.17, 15) is 0 Å². The molecule has 0 aliphatic rings. The Bertz CT molecular complexity index is 419. The maximum atomic E-state index is 5.59. The number of fused-ring (bicyclic) bond motifs is 1. The van der Waals surface area contributed by atoms with Gasteiger partial charge in [-0.15, -0.1) is 0 Å². The van der Waals surface area contributed by atoms with E-state index in [1.165, 1.54) is 16.5 Å². The minimum absolute atomic E-state index is 0.166. The van der Waals surface area contributed by atoms with Crippen LogP contribution in [0.2, 0.25) is 0 Å². The fourth-order valence-electron chi connectivity index (χ4n) is 1.80. The topological polar surface area (TPSA) is 25.0 Å². The van der Waals surface area contributed by atoms with Crippen molar-refractivity contribution < 1.29 is 4.74 Å². The first-order valence-electron chi connectivity index (χ1n) is 5.00.